The third kappa shape index (κ3) is 4.70. The number of rotatable bonds is 4. The van der Waals surface area contributed by atoms with Crippen LogP contribution in [0.4, 0.5) is 0 Å². The number of hydrogen-bond donors (Lipinski definition) is 0. The van der Waals surface area contributed by atoms with Gasteiger partial charge in [0.05, 0.1) is 22.1 Å². The van der Waals surface area contributed by atoms with Crippen molar-refractivity contribution in [2.75, 3.05) is 0 Å². The van der Waals surface area contributed by atoms with Crippen LogP contribution < -0.4 is 0 Å². The summed E-state index contributed by atoms with van der Waals surface area (Å²) in [5, 5.41) is 10.5. The molecule has 58 heavy (non-hydrogen) atoms. The molecule has 0 amide bonds. The number of para-hydroxylation sites is 2. The number of aromatic nitrogens is 2. The maximum absolute atomic E-state index is 2.43. The summed E-state index contributed by atoms with van der Waals surface area (Å²) >= 11 is 3.76. The zero-order valence-corrected chi connectivity index (χ0v) is 32.8. The fraction of sp³-hybridized carbons (Fsp3) is 0. The maximum atomic E-state index is 2.43. The predicted molar refractivity (Wildman–Crippen MR) is 252 cm³/mol. The lowest BCUT2D eigenvalue weighted by Crippen LogP contribution is -1.94. The Balaban J connectivity index is 0.838. The monoisotopic (exact) mass is 772 g/mol. The van der Waals surface area contributed by atoms with Crippen molar-refractivity contribution in [3.8, 4) is 33.6 Å². The van der Waals surface area contributed by atoms with E-state index in [2.05, 4.69) is 203 Å². The van der Waals surface area contributed by atoms with Crippen LogP contribution in [0.1, 0.15) is 0 Å². The molecule has 0 aliphatic rings. The normalized spacial score (nSPS) is 12.1. The van der Waals surface area contributed by atoms with Crippen molar-refractivity contribution in [1.29, 1.82) is 0 Å². The van der Waals surface area contributed by atoms with Crippen molar-refractivity contribution < 1.29 is 0 Å². The highest BCUT2D eigenvalue weighted by molar-refractivity contribution is 7.26. The van der Waals surface area contributed by atoms with E-state index in [0.717, 1.165) is 0 Å². The van der Waals surface area contributed by atoms with Gasteiger partial charge in [-0.3, -0.25) is 0 Å². The van der Waals surface area contributed by atoms with E-state index in [0.29, 0.717) is 0 Å². The first-order valence-electron chi connectivity index (χ1n) is 19.7. The molecule has 13 aromatic rings. The number of benzene rings is 9. The number of hydrogen-bond acceptors (Lipinski definition) is 2. The lowest BCUT2D eigenvalue weighted by Gasteiger charge is -2.11. The van der Waals surface area contributed by atoms with Gasteiger partial charge in [-0.25, -0.2) is 0 Å². The van der Waals surface area contributed by atoms with Gasteiger partial charge in [0, 0.05) is 73.3 Å². The molecule has 0 saturated carbocycles. The third-order valence-electron chi connectivity index (χ3n) is 12.1. The number of fused-ring (bicyclic) bond motifs is 12. The van der Waals surface area contributed by atoms with Crippen LogP contribution in [0.5, 0.6) is 0 Å². The molecule has 0 aliphatic carbocycles. The minimum absolute atomic E-state index is 1.17. The maximum Gasteiger partial charge on any atom is 0.0548 e. The standard InChI is InChI=1S/C54H32N2S2/c1-5-13-47-39(9-1)43-31-53-45(41-11-3-7-15-51(41)57-53)29-49(43)55(47)37-25-21-35(22-26-37)33-17-19-34(20-18-33)36-23-27-38(28-24-36)56-48-14-6-2-10-40(48)44-32-54-46(30-50(44)56)42-12-4-8-16-52(42)58-54/h1-32H. The molecular formula is C54H32N2S2. The number of nitrogens with zero attached hydrogens (tertiary/aromatic N) is 2. The molecule has 270 valence electrons. The summed E-state index contributed by atoms with van der Waals surface area (Å²) in [5.41, 5.74) is 12.1. The first kappa shape index (κ1) is 32.1. The van der Waals surface area contributed by atoms with Gasteiger partial charge in [-0.15, -0.1) is 22.7 Å². The van der Waals surface area contributed by atoms with Crippen LogP contribution in [0.25, 0.3) is 118 Å². The minimum atomic E-state index is 1.17. The van der Waals surface area contributed by atoms with E-state index in [9.17, 15) is 0 Å². The summed E-state index contributed by atoms with van der Waals surface area (Å²) in [5.74, 6) is 0. The molecule has 4 aromatic heterocycles. The van der Waals surface area contributed by atoms with Crippen molar-refractivity contribution in [3.05, 3.63) is 194 Å². The van der Waals surface area contributed by atoms with Gasteiger partial charge in [0.2, 0.25) is 0 Å². The second kappa shape index (κ2) is 12.3. The van der Waals surface area contributed by atoms with Crippen LogP contribution in [0.2, 0.25) is 0 Å². The molecular weight excluding hydrogens is 741 g/mol. The molecule has 4 heteroatoms. The van der Waals surface area contributed by atoms with Crippen molar-refractivity contribution in [2.45, 2.75) is 0 Å². The second-order valence-corrected chi connectivity index (χ2v) is 17.5. The molecule has 13 rings (SSSR count). The molecule has 0 saturated heterocycles. The molecule has 9 aromatic carbocycles. The van der Waals surface area contributed by atoms with Crippen molar-refractivity contribution >= 4 is 107 Å². The molecule has 0 atom stereocenters. The SMILES string of the molecule is c1ccc2c(c1)sc1cc3c4ccccc4n(-c4ccc(-c5ccc(-c6ccc(-n7c8ccccc8c8cc9sc%10ccccc%10c9cc87)cc6)cc5)cc4)c3cc12. The highest BCUT2D eigenvalue weighted by Crippen LogP contribution is 2.42. The summed E-state index contributed by atoms with van der Waals surface area (Å²) in [7, 11) is 0. The Labute approximate surface area is 341 Å². The van der Waals surface area contributed by atoms with Gasteiger partial charge in [-0.05, 0) is 95.1 Å². The van der Waals surface area contributed by atoms with E-state index in [1.165, 1.54) is 118 Å². The Hall–Kier alpha value is -6.98. The molecule has 0 spiro atoms. The summed E-state index contributed by atoms with van der Waals surface area (Å²) in [6, 6.07) is 71.8. The lowest BCUT2D eigenvalue weighted by molar-refractivity contribution is 1.18. The molecule has 0 fully saturated rings. The summed E-state index contributed by atoms with van der Waals surface area (Å²) in [4.78, 5) is 0. The summed E-state index contributed by atoms with van der Waals surface area (Å²) < 4.78 is 10.2. The smallest absolute Gasteiger partial charge is 0.0548 e. The van der Waals surface area contributed by atoms with Crippen LogP contribution in [0, 0.1) is 0 Å². The van der Waals surface area contributed by atoms with Gasteiger partial charge in [0.15, 0.2) is 0 Å². The van der Waals surface area contributed by atoms with Gasteiger partial charge < -0.3 is 9.13 Å². The zero-order chi connectivity index (χ0) is 37.9. The van der Waals surface area contributed by atoms with E-state index in [1.54, 1.807) is 0 Å². The van der Waals surface area contributed by atoms with Crippen LogP contribution in [-0.4, -0.2) is 9.13 Å². The molecule has 0 aliphatic heterocycles. The van der Waals surface area contributed by atoms with Crippen LogP contribution in [0.15, 0.2) is 194 Å². The summed E-state index contributed by atoms with van der Waals surface area (Å²) in [6.07, 6.45) is 0. The van der Waals surface area contributed by atoms with Gasteiger partial charge in [0.25, 0.3) is 0 Å². The van der Waals surface area contributed by atoms with Gasteiger partial charge in [0.1, 0.15) is 0 Å². The molecule has 0 bridgehead atoms. The van der Waals surface area contributed by atoms with Crippen LogP contribution >= 0.6 is 22.7 Å². The highest BCUT2D eigenvalue weighted by atomic mass is 32.1. The van der Waals surface area contributed by atoms with Crippen LogP contribution in [-0.2, 0) is 0 Å². The first-order valence-corrected chi connectivity index (χ1v) is 21.4. The van der Waals surface area contributed by atoms with E-state index < -0.39 is 0 Å². The average molecular weight is 773 g/mol. The van der Waals surface area contributed by atoms with Gasteiger partial charge >= 0.3 is 0 Å². The van der Waals surface area contributed by atoms with Gasteiger partial charge in [-0.2, -0.15) is 0 Å². The Morgan fingerprint density at radius 3 is 1.00 bits per heavy atom. The molecule has 0 N–H and O–H groups in total. The second-order valence-electron chi connectivity index (χ2n) is 15.3. The highest BCUT2D eigenvalue weighted by Gasteiger charge is 2.17. The van der Waals surface area contributed by atoms with E-state index in [4.69, 9.17) is 0 Å². The average Bonchev–Trinajstić information content (AvgIpc) is 4.02. The minimum Gasteiger partial charge on any atom is -0.309 e. The third-order valence-corrected chi connectivity index (χ3v) is 14.4. The van der Waals surface area contributed by atoms with Crippen molar-refractivity contribution in [2.24, 2.45) is 0 Å². The largest absolute Gasteiger partial charge is 0.309 e. The quantitative estimate of drug-likeness (QED) is 0.169. The topological polar surface area (TPSA) is 9.86 Å². The first-order chi connectivity index (χ1) is 28.7. The Morgan fingerprint density at radius 1 is 0.241 bits per heavy atom. The van der Waals surface area contributed by atoms with Crippen molar-refractivity contribution in [1.82, 2.24) is 9.13 Å². The molecule has 4 heterocycles. The predicted octanol–water partition coefficient (Wildman–Crippen LogP) is 16.0. The van der Waals surface area contributed by atoms with E-state index >= 15 is 0 Å². The molecule has 2 nitrogen and oxygen atoms in total. The summed E-state index contributed by atoms with van der Waals surface area (Å²) in [6.45, 7) is 0. The Bertz CT molecular complexity index is 3510. The van der Waals surface area contributed by atoms with Gasteiger partial charge in [-0.1, -0.05) is 121 Å². The molecule has 0 radical (unpaired) electrons. The van der Waals surface area contributed by atoms with Crippen LogP contribution in [0.3, 0.4) is 0 Å². The molecule has 0 unspecified atom stereocenters. The van der Waals surface area contributed by atoms with E-state index in [1.807, 2.05) is 22.7 Å². The lowest BCUT2D eigenvalue weighted by atomic mass is 10.00. The zero-order valence-electron chi connectivity index (χ0n) is 31.2. The fourth-order valence-electron chi connectivity index (χ4n) is 9.39. The van der Waals surface area contributed by atoms with E-state index in [-0.39, 0.29) is 0 Å². The fourth-order valence-corrected chi connectivity index (χ4v) is 11.6. The van der Waals surface area contributed by atoms with Crippen molar-refractivity contribution in [3.63, 3.8) is 0 Å². The Kier molecular flexibility index (Phi) is 6.79. The Morgan fingerprint density at radius 2 is 0.586 bits per heavy atom. The number of thiophene rings is 2.